The Kier molecular flexibility index (Phi) is 3.00. The van der Waals surface area contributed by atoms with E-state index in [-0.39, 0.29) is 0 Å². The first-order valence-corrected chi connectivity index (χ1v) is 8.69. The molecule has 1 aliphatic heterocycles. The van der Waals surface area contributed by atoms with E-state index in [1.807, 2.05) is 12.1 Å². The molecule has 0 radical (unpaired) electrons. The second-order valence-electron chi connectivity index (χ2n) is 6.62. The standard InChI is InChI=1S/C19H19N5/c20-12-15-13-4-3-5-14(13)19(23-10-8-21-9-11-23)24-17-7-2-1-6-16(17)22-18(15)24/h1-2,6-7,21H,3-5,8-11H2. The van der Waals surface area contributed by atoms with Gasteiger partial charge in [0.15, 0.2) is 5.65 Å². The lowest BCUT2D eigenvalue weighted by atomic mass is 10.0. The van der Waals surface area contributed by atoms with E-state index >= 15 is 0 Å². The van der Waals surface area contributed by atoms with Gasteiger partial charge in [-0.25, -0.2) is 4.98 Å². The number of aromatic nitrogens is 2. The van der Waals surface area contributed by atoms with Crippen molar-refractivity contribution in [3.63, 3.8) is 0 Å². The molecule has 0 amide bonds. The number of nitrogens with one attached hydrogen (secondary N) is 1. The van der Waals surface area contributed by atoms with Crippen molar-refractivity contribution in [1.29, 1.82) is 5.26 Å². The Bertz CT molecular complexity index is 989. The van der Waals surface area contributed by atoms with Gasteiger partial charge in [0.05, 0.1) is 16.6 Å². The highest BCUT2D eigenvalue weighted by atomic mass is 15.3. The van der Waals surface area contributed by atoms with Crippen molar-refractivity contribution in [2.24, 2.45) is 0 Å². The fourth-order valence-corrected chi connectivity index (χ4v) is 4.27. The van der Waals surface area contributed by atoms with Gasteiger partial charge in [-0.1, -0.05) is 12.1 Å². The number of anilines is 1. The second-order valence-corrected chi connectivity index (χ2v) is 6.62. The summed E-state index contributed by atoms with van der Waals surface area (Å²) in [6, 6.07) is 10.7. The van der Waals surface area contributed by atoms with Crippen LogP contribution in [-0.4, -0.2) is 35.6 Å². The van der Waals surface area contributed by atoms with Crippen LogP contribution in [-0.2, 0) is 12.8 Å². The Balaban J connectivity index is 1.93. The van der Waals surface area contributed by atoms with Crippen LogP contribution in [0.5, 0.6) is 0 Å². The summed E-state index contributed by atoms with van der Waals surface area (Å²) in [6.07, 6.45) is 3.19. The van der Waals surface area contributed by atoms with E-state index in [0.717, 1.165) is 67.7 Å². The molecule has 1 saturated heterocycles. The zero-order valence-electron chi connectivity index (χ0n) is 13.5. The lowest BCUT2D eigenvalue weighted by Gasteiger charge is -2.32. The van der Waals surface area contributed by atoms with Crippen LogP contribution < -0.4 is 10.2 Å². The third-order valence-corrected chi connectivity index (χ3v) is 5.31. The molecule has 5 heteroatoms. The monoisotopic (exact) mass is 317 g/mol. The van der Waals surface area contributed by atoms with Crippen molar-refractivity contribution in [1.82, 2.24) is 14.7 Å². The minimum absolute atomic E-state index is 0.776. The van der Waals surface area contributed by atoms with Crippen LogP contribution in [0.25, 0.3) is 16.7 Å². The summed E-state index contributed by atoms with van der Waals surface area (Å²) in [4.78, 5) is 7.29. The topological polar surface area (TPSA) is 56.4 Å². The molecule has 0 unspecified atom stereocenters. The highest BCUT2D eigenvalue weighted by Gasteiger charge is 2.28. The van der Waals surface area contributed by atoms with Gasteiger partial charge in [0.25, 0.3) is 0 Å². The summed E-state index contributed by atoms with van der Waals surface area (Å²) in [5.41, 5.74) is 6.27. The van der Waals surface area contributed by atoms with Crippen molar-refractivity contribution >= 4 is 22.5 Å². The average molecular weight is 317 g/mol. The average Bonchev–Trinajstić information content (AvgIpc) is 3.25. The molecule has 5 rings (SSSR count). The van der Waals surface area contributed by atoms with Gasteiger partial charge in [0.2, 0.25) is 0 Å². The van der Waals surface area contributed by atoms with Gasteiger partial charge in [0.1, 0.15) is 11.9 Å². The van der Waals surface area contributed by atoms with Gasteiger partial charge in [-0.05, 0) is 42.5 Å². The fourth-order valence-electron chi connectivity index (χ4n) is 4.27. The first-order valence-electron chi connectivity index (χ1n) is 8.69. The highest BCUT2D eigenvalue weighted by molar-refractivity contribution is 5.86. The number of nitriles is 1. The number of fused-ring (bicyclic) bond motifs is 4. The molecule has 1 aliphatic carbocycles. The highest BCUT2D eigenvalue weighted by Crippen LogP contribution is 2.38. The van der Waals surface area contributed by atoms with Crippen molar-refractivity contribution in [2.75, 3.05) is 31.1 Å². The van der Waals surface area contributed by atoms with Crippen LogP contribution in [0.15, 0.2) is 24.3 Å². The molecule has 0 saturated carbocycles. The molecule has 3 aromatic rings. The van der Waals surface area contributed by atoms with Crippen molar-refractivity contribution < 1.29 is 0 Å². The number of rotatable bonds is 1. The van der Waals surface area contributed by atoms with Gasteiger partial charge in [-0.3, -0.25) is 4.40 Å². The Labute approximate surface area is 140 Å². The zero-order valence-corrected chi connectivity index (χ0v) is 13.5. The third-order valence-electron chi connectivity index (χ3n) is 5.31. The van der Waals surface area contributed by atoms with E-state index in [1.54, 1.807) is 0 Å². The molecule has 0 spiro atoms. The largest absolute Gasteiger partial charge is 0.355 e. The minimum atomic E-state index is 0.776. The Morgan fingerprint density at radius 1 is 1.08 bits per heavy atom. The Morgan fingerprint density at radius 3 is 2.71 bits per heavy atom. The maximum absolute atomic E-state index is 9.80. The maximum atomic E-state index is 9.80. The van der Waals surface area contributed by atoms with Crippen LogP contribution in [0.1, 0.15) is 23.1 Å². The summed E-state index contributed by atoms with van der Waals surface area (Å²) in [7, 11) is 0. The van der Waals surface area contributed by atoms with Gasteiger partial charge < -0.3 is 10.2 Å². The second kappa shape index (κ2) is 5.22. The molecular formula is C19H19N5. The molecule has 1 fully saturated rings. The molecule has 0 atom stereocenters. The number of hydrogen-bond donors (Lipinski definition) is 1. The quantitative estimate of drug-likeness (QED) is 0.748. The molecule has 0 bridgehead atoms. The SMILES string of the molecule is N#Cc1c2c(c(N3CCNCC3)n3c1nc1ccccc13)CCC2. The first kappa shape index (κ1) is 13.8. The fraction of sp³-hybridized carbons (Fsp3) is 0.368. The summed E-state index contributed by atoms with van der Waals surface area (Å²) in [6.45, 7) is 4.01. The lowest BCUT2D eigenvalue weighted by molar-refractivity contribution is 0.582. The van der Waals surface area contributed by atoms with Crippen molar-refractivity contribution in [2.45, 2.75) is 19.3 Å². The van der Waals surface area contributed by atoms with Gasteiger partial charge >= 0.3 is 0 Å². The number of benzene rings is 1. The van der Waals surface area contributed by atoms with Gasteiger partial charge in [-0.2, -0.15) is 5.26 Å². The molecule has 2 aromatic heterocycles. The summed E-state index contributed by atoms with van der Waals surface area (Å²) >= 11 is 0. The minimum Gasteiger partial charge on any atom is -0.355 e. The summed E-state index contributed by atoms with van der Waals surface area (Å²) < 4.78 is 2.24. The van der Waals surface area contributed by atoms with Crippen LogP contribution in [0.4, 0.5) is 5.82 Å². The van der Waals surface area contributed by atoms with Gasteiger partial charge in [0, 0.05) is 26.2 Å². The normalized spacial score (nSPS) is 17.4. The summed E-state index contributed by atoms with van der Waals surface area (Å²) in [5.74, 6) is 1.27. The molecule has 1 N–H and O–H groups in total. The van der Waals surface area contributed by atoms with E-state index in [1.165, 1.54) is 16.9 Å². The molecule has 5 nitrogen and oxygen atoms in total. The lowest BCUT2D eigenvalue weighted by Crippen LogP contribution is -2.44. The molecular weight excluding hydrogens is 298 g/mol. The van der Waals surface area contributed by atoms with E-state index in [4.69, 9.17) is 4.98 Å². The number of nitrogens with zero attached hydrogens (tertiary/aromatic N) is 4. The number of imidazole rings is 1. The number of hydrogen-bond acceptors (Lipinski definition) is 4. The molecule has 24 heavy (non-hydrogen) atoms. The third kappa shape index (κ3) is 1.80. The molecule has 2 aliphatic rings. The summed E-state index contributed by atoms with van der Waals surface area (Å²) in [5, 5.41) is 13.2. The smallest absolute Gasteiger partial charge is 0.157 e. The predicted octanol–water partition coefficient (Wildman–Crippen LogP) is 2.26. The molecule has 120 valence electrons. The van der Waals surface area contributed by atoms with Crippen LogP contribution in [0.3, 0.4) is 0 Å². The first-order chi connectivity index (χ1) is 11.9. The number of para-hydroxylation sites is 2. The molecule has 3 heterocycles. The van der Waals surface area contributed by atoms with Crippen LogP contribution in [0, 0.1) is 11.3 Å². The van der Waals surface area contributed by atoms with Crippen LogP contribution >= 0.6 is 0 Å². The van der Waals surface area contributed by atoms with E-state index < -0.39 is 0 Å². The van der Waals surface area contributed by atoms with Crippen molar-refractivity contribution in [3.05, 3.63) is 41.0 Å². The van der Waals surface area contributed by atoms with E-state index in [9.17, 15) is 5.26 Å². The maximum Gasteiger partial charge on any atom is 0.157 e. The zero-order chi connectivity index (χ0) is 16.1. The van der Waals surface area contributed by atoms with E-state index in [2.05, 4.69) is 32.8 Å². The predicted molar refractivity (Wildman–Crippen MR) is 94.5 cm³/mol. The van der Waals surface area contributed by atoms with Crippen LogP contribution in [0.2, 0.25) is 0 Å². The Morgan fingerprint density at radius 2 is 1.88 bits per heavy atom. The van der Waals surface area contributed by atoms with Crippen molar-refractivity contribution in [3.8, 4) is 6.07 Å². The van der Waals surface area contributed by atoms with Gasteiger partial charge in [-0.15, -0.1) is 0 Å². The van der Waals surface area contributed by atoms with E-state index in [0.29, 0.717) is 0 Å². The Hall–Kier alpha value is -2.58. The number of pyridine rings is 1. The number of piperazine rings is 1. The molecule has 1 aromatic carbocycles.